The van der Waals surface area contributed by atoms with Crippen LogP contribution >= 0.6 is 9.47 Å². The second kappa shape index (κ2) is 4.56. The van der Waals surface area contributed by atoms with Crippen LogP contribution in [0.5, 0.6) is 0 Å². The molecule has 1 aliphatic rings. The Balaban J connectivity index is 2.67. The fourth-order valence-corrected chi connectivity index (χ4v) is 1.97. The smallest absolute Gasteiger partial charge is 0.311 e. The highest BCUT2D eigenvalue weighted by Crippen LogP contribution is 2.31. The van der Waals surface area contributed by atoms with Gasteiger partial charge in [-0.2, -0.15) is 0 Å². The predicted molar refractivity (Wildman–Crippen MR) is 48.9 cm³/mol. The van der Waals surface area contributed by atoms with Crippen molar-refractivity contribution in [1.29, 1.82) is 0 Å². The lowest BCUT2D eigenvalue weighted by molar-refractivity contribution is -0.153. The van der Waals surface area contributed by atoms with Crippen molar-refractivity contribution in [3.63, 3.8) is 0 Å². The van der Waals surface area contributed by atoms with Gasteiger partial charge in [-0.1, -0.05) is 12.8 Å². The summed E-state index contributed by atoms with van der Waals surface area (Å²) in [6.45, 7) is 0. The molecule has 1 saturated carbocycles. The van der Waals surface area contributed by atoms with Gasteiger partial charge < -0.3 is 9.63 Å². The van der Waals surface area contributed by atoms with E-state index < -0.39 is 23.8 Å². The molecule has 1 fully saturated rings. The number of carboxylic acid groups (broad SMARTS) is 1. The SMILES string of the molecule is O=C(O)C1CCCCC1C(=O)OP. The first-order chi connectivity index (χ1) is 6.16. The molecule has 0 aliphatic heterocycles. The van der Waals surface area contributed by atoms with E-state index in [0.717, 1.165) is 12.8 Å². The first kappa shape index (κ1) is 10.5. The van der Waals surface area contributed by atoms with E-state index in [1.165, 1.54) is 0 Å². The molecule has 1 rings (SSSR count). The summed E-state index contributed by atoms with van der Waals surface area (Å²) in [5, 5.41) is 8.84. The monoisotopic (exact) mass is 204 g/mol. The highest BCUT2D eigenvalue weighted by atomic mass is 31.0. The Bertz CT molecular complexity index is 216. The summed E-state index contributed by atoms with van der Waals surface area (Å²) in [6, 6.07) is 0. The zero-order valence-corrected chi connectivity index (χ0v) is 8.39. The Hall–Kier alpha value is -0.630. The molecule has 0 aromatic heterocycles. The van der Waals surface area contributed by atoms with Gasteiger partial charge in [0.05, 0.1) is 21.3 Å². The average Bonchev–Trinajstić information content (AvgIpc) is 2.16. The standard InChI is InChI=1S/C8H13O4P/c9-7(10)5-3-1-2-4-6(5)8(11)12-13/h5-6H,1-4,13H2,(H,9,10). The number of carboxylic acids is 1. The molecule has 1 aliphatic carbocycles. The van der Waals surface area contributed by atoms with E-state index in [9.17, 15) is 9.59 Å². The van der Waals surface area contributed by atoms with Crippen LogP contribution in [-0.2, 0) is 14.1 Å². The van der Waals surface area contributed by atoms with Crippen LogP contribution in [0.3, 0.4) is 0 Å². The minimum atomic E-state index is -0.889. The van der Waals surface area contributed by atoms with E-state index >= 15 is 0 Å². The fraction of sp³-hybridized carbons (Fsp3) is 0.750. The summed E-state index contributed by atoms with van der Waals surface area (Å²) < 4.78 is 4.48. The van der Waals surface area contributed by atoms with Crippen molar-refractivity contribution in [1.82, 2.24) is 0 Å². The van der Waals surface area contributed by atoms with Crippen LogP contribution in [0.2, 0.25) is 0 Å². The molecule has 5 heteroatoms. The van der Waals surface area contributed by atoms with Gasteiger partial charge in [0.2, 0.25) is 0 Å². The van der Waals surface area contributed by atoms with Crippen molar-refractivity contribution < 1.29 is 19.2 Å². The maximum atomic E-state index is 11.2. The van der Waals surface area contributed by atoms with Gasteiger partial charge in [-0.05, 0) is 12.8 Å². The van der Waals surface area contributed by atoms with Gasteiger partial charge in [-0.3, -0.25) is 9.59 Å². The molecular weight excluding hydrogens is 191 g/mol. The summed E-state index contributed by atoms with van der Waals surface area (Å²) in [5.74, 6) is -2.32. The average molecular weight is 204 g/mol. The highest BCUT2D eigenvalue weighted by molar-refractivity contribution is 7.10. The summed E-state index contributed by atoms with van der Waals surface area (Å²) in [7, 11) is 1.87. The molecule has 0 aromatic carbocycles. The molecule has 3 unspecified atom stereocenters. The van der Waals surface area contributed by atoms with Crippen molar-refractivity contribution in [2.75, 3.05) is 0 Å². The second-order valence-electron chi connectivity index (χ2n) is 3.27. The van der Waals surface area contributed by atoms with Gasteiger partial charge in [0, 0.05) is 0 Å². The first-order valence-electron chi connectivity index (χ1n) is 4.30. The summed E-state index contributed by atoms with van der Waals surface area (Å²) in [4.78, 5) is 21.9. The minimum Gasteiger partial charge on any atom is -0.481 e. The van der Waals surface area contributed by atoms with Gasteiger partial charge in [-0.15, -0.1) is 0 Å². The molecule has 4 nitrogen and oxygen atoms in total. The van der Waals surface area contributed by atoms with Crippen molar-refractivity contribution in [2.24, 2.45) is 11.8 Å². The van der Waals surface area contributed by atoms with E-state index in [4.69, 9.17) is 5.11 Å². The van der Waals surface area contributed by atoms with E-state index in [-0.39, 0.29) is 0 Å². The Labute approximate surface area is 78.9 Å². The maximum absolute atomic E-state index is 11.2. The van der Waals surface area contributed by atoms with Crippen LogP contribution in [0.1, 0.15) is 25.7 Å². The zero-order valence-electron chi connectivity index (χ0n) is 7.23. The maximum Gasteiger partial charge on any atom is 0.311 e. The number of carbonyl (C=O) groups is 2. The Morgan fingerprint density at radius 3 is 2.23 bits per heavy atom. The van der Waals surface area contributed by atoms with Crippen molar-refractivity contribution in [3.8, 4) is 0 Å². The van der Waals surface area contributed by atoms with Crippen molar-refractivity contribution in [3.05, 3.63) is 0 Å². The predicted octanol–water partition coefficient (Wildman–Crippen LogP) is 1.21. The molecule has 0 radical (unpaired) electrons. The topological polar surface area (TPSA) is 63.6 Å². The van der Waals surface area contributed by atoms with Crippen LogP contribution in [0, 0.1) is 11.8 Å². The summed E-state index contributed by atoms with van der Waals surface area (Å²) >= 11 is 0. The largest absolute Gasteiger partial charge is 0.481 e. The molecule has 0 aromatic rings. The van der Waals surface area contributed by atoms with Gasteiger partial charge in [0.25, 0.3) is 0 Å². The van der Waals surface area contributed by atoms with Crippen LogP contribution < -0.4 is 0 Å². The third kappa shape index (κ3) is 2.41. The van der Waals surface area contributed by atoms with Crippen LogP contribution in [0.25, 0.3) is 0 Å². The number of hydrogen-bond acceptors (Lipinski definition) is 3. The summed E-state index contributed by atoms with van der Waals surface area (Å²) in [6.07, 6.45) is 3.01. The van der Waals surface area contributed by atoms with E-state index in [0.29, 0.717) is 12.8 Å². The first-order valence-corrected chi connectivity index (χ1v) is 4.77. The number of hydrogen-bond donors (Lipinski definition) is 1. The molecule has 0 bridgehead atoms. The Morgan fingerprint density at radius 1 is 1.23 bits per heavy atom. The lowest BCUT2D eigenvalue weighted by Gasteiger charge is -2.25. The van der Waals surface area contributed by atoms with E-state index in [1.54, 1.807) is 0 Å². The third-order valence-corrected chi connectivity index (χ3v) is 2.73. The number of aliphatic carboxylic acids is 1. The van der Waals surface area contributed by atoms with Crippen LogP contribution in [0.15, 0.2) is 0 Å². The van der Waals surface area contributed by atoms with Gasteiger partial charge in [-0.25, -0.2) is 0 Å². The van der Waals surface area contributed by atoms with Gasteiger partial charge >= 0.3 is 11.9 Å². The normalized spacial score (nSPS) is 28.1. The molecule has 0 amide bonds. The molecule has 0 spiro atoms. The van der Waals surface area contributed by atoms with Crippen LogP contribution in [0.4, 0.5) is 0 Å². The van der Waals surface area contributed by atoms with Crippen molar-refractivity contribution in [2.45, 2.75) is 25.7 Å². The fourth-order valence-electron chi connectivity index (χ4n) is 1.80. The number of carbonyl (C=O) groups excluding carboxylic acids is 1. The Morgan fingerprint density at radius 2 is 1.77 bits per heavy atom. The Kier molecular flexibility index (Phi) is 3.67. The molecule has 1 N–H and O–H groups in total. The molecule has 13 heavy (non-hydrogen) atoms. The zero-order chi connectivity index (χ0) is 9.84. The lowest BCUT2D eigenvalue weighted by atomic mass is 9.79. The molecule has 74 valence electrons. The molecular formula is C8H13O4P. The van der Waals surface area contributed by atoms with E-state index in [1.807, 2.05) is 9.47 Å². The number of rotatable bonds is 2. The van der Waals surface area contributed by atoms with Gasteiger partial charge in [0.1, 0.15) is 0 Å². The highest BCUT2D eigenvalue weighted by Gasteiger charge is 2.36. The minimum absolute atomic E-state index is 0.419. The van der Waals surface area contributed by atoms with E-state index in [2.05, 4.69) is 4.52 Å². The summed E-state index contributed by atoms with van der Waals surface area (Å²) in [5.41, 5.74) is 0. The van der Waals surface area contributed by atoms with Crippen molar-refractivity contribution >= 4 is 21.4 Å². The lowest BCUT2D eigenvalue weighted by Crippen LogP contribution is -2.32. The second-order valence-corrected chi connectivity index (χ2v) is 3.51. The quantitative estimate of drug-likeness (QED) is 0.686. The molecule has 0 heterocycles. The molecule has 3 atom stereocenters. The molecule has 0 saturated heterocycles. The van der Waals surface area contributed by atoms with Gasteiger partial charge in [0.15, 0.2) is 0 Å². The third-order valence-electron chi connectivity index (χ3n) is 2.50. The van der Waals surface area contributed by atoms with Crippen LogP contribution in [-0.4, -0.2) is 17.0 Å².